The summed E-state index contributed by atoms with van der Waals surface area (Å²) in [5, 5.41) is 0. The van der Waals surface area contributed by atoms with Crippen LogP contribution >= 0.6 is 0 Å². The van der Waals surface area contributed by atoms with E-state index in [1.807, 2.05) is 18.2 Å². The van der Waals surface area contributed by atoms with Crippen LogP contribution in [0.1, 0.15) is 18.2 Å². The number of nitrogens with one attached hydrogen (secondary N) is 1. The molecule has 1 aromatic carbocycles. The number of hydrogen-bond donors (Lipinski definition) is 2. The second kappa shape index (κ2) is 5.14. The highest BCUT2D eigenvalue weighted by molar-refractivity contribution is 5.80. The smallest absolute Gasteiger partial charge is 0.347 e. The lowest BCUT2D eigenvalue weighted by molar-refractivity contribution is 0.416. The maximum Gasteiger partial charge on any atom is 0.347 e. The number of aromatic amines is 1. The van der Waals surface area contributed by atoms with Crippen LogP contribution < -0.4 is 16.2 Å². The fourth-order valence-corrected chi connectivity index (χ4v) is 2.12. The SMILES string of the molecule is CCc1ccc(OC)c(-c2c(N)nc(=O)[nH]c2C)c1. The van der Waals surface area contributed by atoms with Gasteiger partial charge in [0.15, 0.2) is 0 Å². The Bertz CT molecular complexity index is 636. The van der Waals surface area contributed by atoms with Crippen LogP contribution in [0, 0.1) is 6.92 Å². The number of benzene rings is 1. The second-order valence-electron chi connectivity index (χ2n) is 4.32. The third-order valence-electron chi connectivity index (χ3n) is 3.09. The van der Waals surface area contributed by atoms with E-state index in [4.69, 9.17) is 10.5 Å². The normalized spacial score (nSPS) is 10.5. The standard InChI is InChI=1S/C14H17N3O2/c1-4-9-5-6-11(19-3)10(7-9)12-8(2)16-14(18)17-13(12)15/h5-7H,4H2,1-3H3,(H3,15,16,17,18). The van der Waals surface area contributed by atoms with Gasteiger partial charge >= 0.3 is 5.69 Å². The molecule has 1 heterocycles. The second-order valence-corrected chi connectivity index (χ2v) is 4.32. The molecule has 0 fully saturated rings. The first kappa shape index (κ1) is 13.1. The molecule has 0 unspecified atom stereocenters. The quantitative estimate of drug-likeness (QED) is 0.882. The molecule has 0 saturated heterocycles. The highest BCUT2D eigenvalue weighted by Crippen LogP contribution is 2.34. The number of nitrogens with zero attached hydrogens (tertiary/aromatic N) is 1. The highest BCUT2D eigenvalue weighted by atomic mass is 16.5. The van der Waals surface area contributed by atoms with E-state index >= 15 is 0 Å². The number of aromatic nitrogens is 2. The van der Waals surface area contributed by atoms with Crippen molar-refractivity contribution in [3.63, 3.8) is 0 Å². The van der Waals surface area contributed by atoms with Crippen LogP contribution in [0.5, 0.6) is 5.75 Å². The van der Waals surface area contributed by atoms with Crippen molar-refractivity contribution in [2.75, 3.05) is 12.8 Å². The minimum Gasteiger partial charge on any atom is -0.496 e. The van der Waals surface area contributed by atoms with E-state index in [0.29, 0.717) is 17.0 Å². The van der Waals surface area contributed by atoms with Gasteiger partial charge < -0.3 is 15.5 Å². The molecular formula is C14H17N3O2. The molecule has 5 heteroatoms. The summed E-state index contributed by atoms with van der Waals surface area (Å²) in [6.07, 6.45) is 0.909. The van der Waals surface area contributed by atoms with Gasteiger partial charge in [0, 0.05) is 16.8 Å². The lowest BCUT2D eigenvalue weighted by Crippen LogP contribution is -2.15. The van der Waals surface area contributed by atoms with Crippen LogP contribution in [0.25, 0.3) is 11.1 Å². The summed E-state index contributed by atoms with van der Waals surface area (Å²) >= 11 is 0. The number of hydrogen-bond acceptors (Lipinski definition) is 4. The van der Waals surface area contributed by atoms with Crippen molar-refractivity contribution in [1.82, 2.24) is 9.97 Å². The molecule has 0 bridgehead atoms. The molecule has 5 nitrogen and oxygen atoms in total. The third-order valence-corrected chi connectivity index (χ3v) is 3.09. The van der Waals surface area contributed by atoms with Gasteiger partial charge in [0.2, 0.25) is 0 Å². The van der Waals surface area contributed by atoms with Gasteiger partial charge in [-0.15, -0.1) is 0 Å². The molecule has 0 saturated carbocycles. The van der Waals surface area contributed by atoms with Crippen molar-refractivity contribution < 1.29 is 4.74 Å². The molecule has 19 heavy (non-hydrogen) atoms. The van der Waals surface area contributed by atoms with Crippen molar-refractivity contribution in [2.24, 2.45) is 0 Å². The maximum absolute atomic E-state index is 11.3. The summed E-state index contributed by atoms with van der Waals surface area (Å²) < 4.78 is 5.36. The monoisotopic (exact) mass is 259 g/mol. The first-order valence-electron chi connectivity index (χ1n) is 6.10. The molecule has 0 atom stereocenters. The number of ether oxygens (including phenoxy) is 1. The predicted molar refractivity (Wildman–Crippen MR) is 75.4 cm³/mol. The molecule has 100 valence electrons. The Morgan fingerprint density at radius 2 is 2.16 bits per heavy atom. The van der Waals surface area contributed by atoms with Crippen molar-refractivity contribution in [3.05, 3.63) is 39.9 Å². The molecule has 3 N–H and O–H groups in total. The Hall–Kier alpha value is -2.30. The number of nitrogens with two attached hydrogens (primary N) is 1. The molecular weight excluding hydrogens is 242 g/mol. The predicted octanol–water partition coefficient (Wildman–Crippen LogP) is 1.90. The minimum atomic E-state index is -0.440. The van der Waals surface area contributed by atoms with Gasteiger partial charge in [-0.1, -0.05) is 13.0 Å². The Morgan fingerprint density at radius 3 is 2.74 bits per heavy atom. The minimum absolute atomic E-state index is 0.216. The van der Waals surface area contributed by atoms with Crippen LogP contribution in [0.3, 0.4) is 0 Å². The Kier molecular flexibility index (Phi) is 3.55. The maximum atomic E-state index is 11.3. The number of anilines is 1. The van der Waals surface area contributed by atoms with Gasteiger partial charge in [-0.25, -0.2) is 4.79 Å². The van der Waals surface area contributed by atoms with E-state index < -0.39 is 5.69 Å². The molecule has 0 amide bonds. The fourth-order valence-electron chi connectivity index (χ4n) is 2.12. The molecule has 0 aliphatic heterocycles. The molecule has 0 spiro atoms. The molecule has 1 aromatic heterocycles. The van der Waals surface area contributed by atoms with E-state index in [-0.39, 0.29) is 5.82 Å². The summed E-state index contributed by atoms with van der Waals surface area (Å²) in [5.41, 5.74) is 8.86. The van der Waals surface area contributed by atoms with Crippen LogP contribution in [-0.4, -0.2) is 17.1 Å². The van der Waals surface area contributed by atoms with E-state index in [1.54, 1.807) is 14.0 Å². The zero-order valence-electron chi connectivity index (χ0n) is 11.3. The first-order chi connectivity index (χ1) is 9.06. The number of rotatable bonds is 3. The summed E-state index contributed by atoms with van der Waals surface area (Å²) in [4.78, 5) is 17.7. The van der Waals surface area contributed by atoms with Crippen LogP contribution in [0.4, 0.5) is 5.82 Å². The lowest BCUT2D eigenvalue weighted by atomic mass is 10.00. The summed E-state index contributed by atoms with van der Waals surface area (Å²) in [6, 6.07) is 5.92. The molecule has 0 radical (unpaired) electrons. The first-order valence-corrected chi connectivity index (χ1v) is 6.10. The number of H-pyrrole nitrogens is 1. The molecule has 0 aliphatic carbocycles. The van der Waals surface area contributed by atoms with E-state index in [2.05, 4.69) is 16.9 Å². The van der Waals surface area contributed by atoms with E-state index in [0.717, 1.165) is 12.0 Å². The highest BCUT2D eigenvalue weighted by Gasteiger charge is 2.14. The Balaban J connectivity index is 2.73. The topological polar surface area (TPSA) is 81.0 Å². The van der Waals surface area contributed by atoms with Gasteiger partial charge in [0.25, 0.3) is 0 Å². The van der Waals surface area contributed by atoms with Crippen molar-refractivity contribution in [2.45, 2.75) is 20.3 Å². The van der Waals surface area contributed by atoms with E-state index in [1.165, 1.54) is 5.56 Å². The van der Waals surface area contributed by atoms with Gasteiger partial charge in [0.1, 0.15) is 11.6 Å². The molecule has 2 aromatic rings. The number of aryl methyl sites for hydroxylation is 2. The average molecular weight is 259 g/mol. The van der Waals surface area contributed by atoms with Crippen LogP contribution in [0.15, 0.2) is 23.0 Å². The molecule has 0 aliphatic rings. The van der Waals surface area contributed by atoms with Gasteiger partial charge in [-0.05, 0) is 31.0 Å². The third kappa shape index (κ3) is 2.45. The lowest BCUT2D eigenvalue weighted by Gasteiger charge is -2.13. The van der Waals surface area contributed by atoms with Crippen LogP contribution in [0.2, 0.25) is 0 Å². The van der Waals surface area contributed by atoms with Gasteiger partial charge in [-0.3, -0.25) is 0 Å². The Morgan fingerprint density at radius 1 is 1.42 bits per heavy atom. The number of methoxy groups -OCH3 is 1. The van der Waals surface area contributed by atoms with Crippen molar-refractivity contribution in [1.29, 1.82) is 0 Å². The summed E-state index contributed by atoms with van der Waals surface area (Å²) in [6.45, 7) is 3.87. The molecule has 2 rings (SSSR count). The largest absolute Gasteiger partial charge is 0.496 e. The average Bonchev–Trinajstić information content (AvgIpc) is 2.37. The van der Waals surface area contributed by atoms with Gasteiger partial charge in [0.05, 0.1) is 7.11 Å². The van der Waals surface area contributed by atoms with Gasteiger partial charge in [-0.2, -0.15) is 4.98 Å². The van der Waals surface area contributed by atoms with Crippen molar-refractivity contribution >= 4 is 5.82 Å². The van der Waals surface area contributed by atoms with E-state index in [9.17, 15) is 4.79 Å². The summed E-state index contributed by atoms with van der Waals surface area (Å²) in [7, 11) is 1.61. The van der Waals surface area contributed by atoms with Crippen LogP contribution in [-0.2, 0) is 6.42 Å². The number of nitrogen functional groups attached to an aromatic ring is 1. The zero-order chi connectivity index (χ0) is 14.0. The zero-order valence-corrected chi connectivity index (χ0v) is 11.3. The fraction of sp³-hybridized carbons (Fsp3) is 0.286. The Labute approximate surface area is 111 Å². The summed E-state index contributed by atoms with van der Waals surface area (Å²) in [5.74, 6) is 0.925. The van der Waals surface area contributed by atoms with Crippen molar-refractivity contribution in [3.8, 4) is 16.9 Å².